The number of benzene rings is 2. The molecule has 0 aliphatic rings. The number of aliphatic hydroxyl groups excluding tert-OH is 1. The summed E-state index contributed by atoms with van der Waals surface area (Å²) in [4.78, 5) is 0. The van der Waals surface area contributed by atoms with Gasteiger partial charge in [0.1, 0.15) is 12.4 Å². The molecule has 20 heavy (non-hydrogen) atoms. The first-order chi connectivity index (χ1) is 9.47. The molecular formula is C15H13Br2ClO2. The van der Waals surface area contributed by atoms with E-state index < -0.39 is 6.10 Å². The zero-order valence-electron chi connectivity index (χ0n) is 10.7. The van der Waals surface area contributed by atoms with Crippen LogP contribution in [0.15, 0.2) is 45.3 Å². The van der Waals surface area contributed by atoms with E-state index in [1.807, 2.05) is 36.4 Å². The zero-order valence-corrected chi connectivity index (χ0v) is 14.7. The van der Waals surface area contributed by atoms with Crippen molar-refractivity contribution < 1.29 is 9.84 Å². The SMILES string of the molecule is C[C@H](O)c1ccc(Br)cc1OCc1ccc(Br)cc1Cl. The standard InChI is InChI=1S/C15H13Br2ClO2/c1-9(19)13-5-4-12(17)7-15(13)20-8-10-2-3-11(16)6-14(10)18/h2-7,9,19H,8H2,1H3/t9-/m0/s1. The first-order valence-electron chi connectivity index (χ1n) is 6.01. The number of ether oxygens (including phenoxy) is 1. The van der Waals surface area contributed by atoms with E-state index in [-0.39, 0.29) is 0 Å². The molecular weight excluding hydrogens is 407 g/mol. The number of rotatable bonds is 4. The van der Waals surface area contributed by atoms with Crippen LogP contribution in [-0.4, -0.2) is 5.11 Å². The van der Waals surface area contributed by atoms with E-state index in [1.54, 1.807) is 6.92 Å². The van der Waals surface area contributed by atoms with Crippen molar-refractivity contribution in [1.82, 2.24) is 0 Å². The van der Waals surface area contributed by atoms with Crippen LogP contribution in [0, 0.1) is 0 Å². The molecule has 5 heteroatoms. The van der Waals surface area contributed by atoms with Gasteiger partial charge in [0.25, 0.3) is 0 Å². The lowest BCUT2D eigenvalue weighted by Gasteiger charge is -2.14. The summed E-state index contributed by atoms with van der Waals surface area (Å²) in [6, 6.07) is 11.2. The van der Waals surface area contributed by atoms with Crippen molar-refractivity contribution in [3.63, 3.8) is 0 Å². The third-order valence-electron chi connectivity index (χ3n) is 2.82. The maximum Gasteiger partial charge on any atom is 0.126 e. The monoisotopic (exact) mass is 418 g/mol. The zero-order chi connectivity index (χ0) is 14.7. The van der Waals surface area contributed by atoms with Crippen LogP contribution in [0.25, 0.3) is 0 Å². The molecule has 0 heterocycles. The quantitative estimate of drug-likeness (QED) is 0.708. The topological polar surface area (TPSA) is 29.5 Å². The van der Waals surface area contributed by atoms with Gasteiger partial charge in [0.15, 0.2) is 0 Å². The molecule has 2 aromatic carbocycles. The summed E-state index contributed by atoms with van der Waals surface area (Å²) >= 11 is 12.9. The van der Waals surface area contributed by atoms with Gasteiger partial charge < -0.3 is 9.84 Å². The summed E-state index contributed by atoms with van der Waals surface area (Å²) < 4.78 is 7.63. The van der Waals surface area contributed by atoms with E-state index in [1.165, 1.54) is 0 Å². The minimum atomic E-state index is -0.585. The van der Waals surface area contributed by atoms with Crippen LogP contribution in [0.2, 0.25) is 5.02 Å². The van der Waals surface area contributed by atoms with Crippen molar-refractivity contribution in [1.29, 1.82) is 0 Å². The summed E-state index contributed by atoms with van der Waals surface area (Å²) in [5, 5.41) is 10.4. The molecule has 2 nitrogen and oxygen atoms in total. The first kappa shape index (κ1) is 15.8. The lowest BCUT2D eigenvalue weighted by molar-refractivity contribution is 0.190. The molecule has 0 aliphatic carbocycles. The highest BCUT2D eigenvalue weighted by Gasteiger charge is 2.11. The Labute approximate surface area is 140 Å². The van der Waals surface area contributed by atoms with E-state index in [9.17, 15) is 5.11 Å². The molecule has 0 fully saturated rings. The number of hydrogen-bond donors (Lipinski definition) is 1. The Morgan fingerprint density at radius 1 is 1.15 bits per heavy atom. The Balaban J connectivity index is 2.20. The van der Waals surface area contributed by atoms with Gasteiger partial charge in [-0.05, 0) is 31.2 Å². The van der Waals surface area contributed by atoms with Gasteiger partial charge in [0, 0.05) is 25.1 Å². The van der Waals surface area contributed by atoms with E-state index in [4.69, 9.17) is 16.3 Å². The molecule has 106 valence electrons. The molecule has 0 aliphatic heterocycles. The van der Waals surface area contributed by atoms with Gasteiger partial charge in [-0.3, -0.25) is 0 Å². The van der Waals surface area contributed by atoms with Crippen LogP contribution in [0.1, 0.15) is 24.2 Å². The maximum absolute atomic E-state index is 9.76. The van der Waals surface area contributed by atoms with E-state index in [0.717, 1.165) is 20.1 Å². The molecule has 0 aromatic heterocycles. The van der Waals surface area contributed by atoms with Crippen LogP contribution in [0.4, 0.5) is 0 Å². The first-order valence-corrected chi connectivity index (χ1v) is 7.98. The van der Waals surface area contributed by atoms with Gasteiger partial charge in [-0.1, -0.05) is 55.6 Å². The molecule has 0 unspecified atom stereocenters. The highest BCUT2D eigenvalue weighted by atomic mass is 79.9. The molecule has 0 amide bonds. The average molecular weight is 421 g/mol. The molecule has 1 N–H and O–H groups in total. The highest BCUT2D eigenvalue weighted by molar-refractivity contribution is 9.10. The van der Waals surface area contributed by atoms with Crippen LogP contribution in [-0.2, 0) is 6.61 Å². The Kier molecular flexibility index (Phi) is 5.49. The number of hydrogen-bond acceptors (Lipinski definition) is 2. The van der Waals surface area contributed by atoms with Gasteiger partial charge in [-0.2, -0.15) is 0 Å². The van der Waals surface area contributed by atoms with Crippen molar-refractivity contribution in [2.75, 3.05) is 0 Å². The van der Waals surface area contributed by atoms with E-state index >= 15 is 0 Å². The Hall–Kier alpha value is -0.550. The van der Waals surface area contributed by atoms with Crippen molar-refractivity contribution in [2.24, 2.45) is 0 Å². The maximum atomic E-state index is 9.76. The van der Waals surface area contributed by atoms with Crippen molar-refractivity contribution in [3.8, 4) is 5.75 Å². The Morgan fingerprint density at radius 3 is 2.45 bits per heavy atom. The second-order valence-electron chi connectivity index (χ2n) is 4.38. The molecule has 0 spiro atoms. The lowest BCUT2D eigenvalue weighted by atomic mass is 10.1. The summed E-state index contributed by atoms with van der Waals surface area (Å²) in [7, 11) is 0. The normalized spacial score (nSPS) is 12.2. The van der Waals surface area contributed by atoms with Crippen LogP contribution in [0.3, 0.4) is 0 Å². The van der Waals surface area contributed by atoms with E-state index in [2.05, 4.69) is 31.9 Å². The summed E-state index contributed by atoms with van der Waals surface area (Å²) in [6.07, 6.45) is -0.585. The van der Waals surface area contributed by atoms with E-state index in [0.29, 0.717) is 17.4 Å². The second-order valence-corrected chi connectivity index (χ2v) is 6.62. The second kappa shape index (κ2) is 6.94. The van der Waals surface area contributed by atoms with Crippen molar-refractivity contribution in [3.05, 3.63) is 61.5 Å². The fourth-order valence-electron chi connectivity index (χ4n) is 1.77. The fraction of sp³-hybridized carbons (Fsp3) is 0.200. The largest absolute Gasteiger partial charge is 0.488 e. The minimum Gasteiger partial charge on any atom is -0.488 e. The van der Waals surface area contributed by atoms with Crippen molar-refractivity contribution in [2.45, 2.75) is 19.6 Å². The molecule has 2 aromatic rings. The third kappa shape index (κ3) is 3.98. The third-order valence-corrected chi connectivity index (χ3v) is 4.16. The Morgan fingerprint density at radius 2 is 1.80 bits per heavy atom. The van der Waals surface area contributed by atoms with Gasteiger partial charge in [-0.25, -0.2) is 0 Å². The fourth-order valence-corrected chi connectivity index (χ4v) is 2.84. The van der Waals surface area contributed by atoms with Gasteiger partial charge >= 0.3 is 0 Å². The molecule has 0 radical (unpaired) electrons. The molecule has 0 saturated heterocycles. The smallest absolute Gasteiger partial charge is 0.126 e. The Bertz CT molecular complexity index is 615. The predicted octanol–water partition coefficient (Wildman–Crippen LogP) is 5.50. The summed E-state index contributed by atoms with van der Waals surface area (Å²) in [6.45, 7) is 2.06. The number of aliphatic hydroxyl groups is 1. The average Bonchev–Trinajstić information content (AvgIpc) is 2.37. The van der Waals surface area contributed by atoms with Crippen LogP contribution in [0.5, 0.6) is 5.75 Å². The lowest BCUT2D eigenvalue weighted by Crippen LogP contribution is -2.01. The van der Waals surface area contributed by atoms with Crippen LogP contribution < -0.4 is 4.74 Å². The summed E-state index contributed by atoms with van der Waals surface area (Å²) in [5.41, 5.74) is 1.65. The van der Waals surface area contributed by atoms with Crippen molar-refractivity contribution >= 4 is 43.5 Å². The number of halogens is 3. The van der Waals surface area contributed by atoms with Gasteiger partial charge in [0.05, 0.1) is 6.10 Å². The molecule has 1 atom stereocenters. The molecule has 0 bridgehead atoms. The predicted molar refractivity (Wildman–Crippen MR) is 88.3 cm³/mol. The molecule has 2 rings (SSSR count). The van der Waals surface area contributed by atoms with Gasteiger partial charge in [0.2, 0.25) is 0 Å². The highest BCUT2D eigenvalue weighted by Crippen LogP contribution is 2.30. The molecule has 0 saturated carbocycles. The van der Waals surface area contributed by atoms with Gasteiger partial charge in [-0.15, -0.1) is 0 Å². The minimum absolute atomic E-state index is 0.349. The van der Waals surface area contributed by atoms with Crippen LogP contribution >= 0.6 is 43.5 Å². The summed E-state index contributed by atoms with van der Waals surface area (Å²) in [5.74, 6) is 0.647.